The van der Waals surface area contributed by atoms with Crippen molar-refractivity contribution in [2.45, 2.75) is 87.3 Å². The minimum atomic E-state index is 0.539. The molecule has 7 atom stereocenters. The third-order valence-corrected chi connectivity index (χ3v) is 7.69. The first-order valence-electron chi connectivity index (χ1n) is 9.66. The van der Waals surface area contributed by atoms with E-state index in [1.807, 2.05) is 0 Å². The smallest absolute Gasteiger partial charge is 0.0627 e. The molecule has 0 bridgehead atoms. The van der Waals surface area contributed by atoms with E-state index in [-0.39, 0.29) is 0 Å². The van der Waals surface area contributed by atoms with Gasteiger partial charge < -0.3 is 5.32 Å². The highest BCUT2D eigenvalue weighted by molar-refractivity contribution is 9.09. The Morgan fingerprint density at radius 1 is 0.818 bits per heavy atom. The Kier molecular flexibility index (Phi) is 5.11. The van der Waals surface area contributed by atoms with E-state index < -0.39 is 0 Å². The lowest BCUT2D eigenvalue weighted by Gasteiger charge is -2.50. The molecular formula is C18H32BrN3. The quantitative estimate of drug-likeness (QED) is 0.653. The summed E-state index contributed by atoms with van der Waals surface area (Å²) in [5, 5.41) is 11.5. The van der Waals surface area contributed by atoms with Crippen molar-refractivity contribution < 1.29 is 0 Å². The second kappa shape index (κ2) is 7.08. The van der Waals surface area contributed by atoms with E-state index in [0.717, 1.165) is 35.3 Å². The van der Waals surface area contributed by atoms with Crippen molar-refractivity contribution in [3.8, 4) is 0 Å². The predicted octanol–water partition coefficient (Wildman–Crippen LogP) is 3.34. The summed E-state index contributed by atoms with van der Waals surface area (Å²) in [4.78, 5) is 0.727. The summed E-state index contributed by atoms with van der Waals surface area (Å²) in [7, 11) is 0. The SMILES string of the molecule is BrC1CCCC(NC2NCNC3CC4CCCCC4CC32)C1. The third kappa shape index (κ3) is 3.40. The molecule has 0 aromatic rings. The number of rotatable bonds is 2. The molecule has 0 amide bonds. The Hall–Kier alpha value is 0.360. The second-order valence-electron chi connectivity index (χ2n) is 8.24. The average molecular weight is 370 g/mol. The van der Waals surface area contributed by atoms with Crippen molar-refractivity contribution >= 4 is 15.9 Å². The van der Waals surface area contributed by atoms with Crippen molar-refractivity contribution in [1.82, 2.24) is 16.0 Å². The molecule has 4 rings (SSSR count). The molecule has 0 aromatic heterocycles. The normalized spacial score (nSPS) is 49.2. The highest BCUT2D eigenvalue weighted by Crippen LogP contribution is 2.44. The zero-order chi connectivity index (χ0) is 14.9. The highest BCUT2D eigenvalue weighted by Gasteiger charge is 2.43. The molecule has 0 aromatic carbocycles. The van der Waals surface area contributed by atoms with Gasteiger partial charge in [0.05, 0.1) is 6.17 Å². The number of nitrogens with one attached hydrogen (secondary N) is 3. The van der Waals surface area contributed by atoms with Crippen LogP contribution in [0.15, 0.2) is 0 Å². The summed E-state index contributed by atoms with van der Waals surface area (Å²) in [5.74, 6) is 2.82. The maximum atomic E-state index is 4.00. The van der Waals surface area contributed by atoms with Gasteiger partial charge >= 0.3 is 0 Å². The van der Waals surface area contributed by atoms with E-state index in [0.29, 0.717) is 12.2 Å². The van der Waals surface area contributed by atoms with Gasteiger partial charge in [0, 0.05) is 29.5 Å². The molecule has 4 aliphatic rings. The fourth-order valence-electron chi connectivity index (χ4n) is 5.69. The Balaban J connectivity index is 1.39. The minimum Gasteiger partial charge on any atom is -0.301 e. The summed E-state index contributed by atoms with van der Waals surface area (Å²) in [5.41, 5.74) is 0. The summed E-state index contributed by atoms with van der Waals surface area (Å²) in [6.45, 7) is 0.987. The Morgan fingerprint density at radius 2 is 1.64 bits per heavy atom. The first-order chi connectivity index (χ1) is 10.8. The minimum absolute atomic E-state index is 0.539. The number of fused-ring (bicyclic) bond motifs is 2. The maximum absolute atomic E-state index is 4.00. The first kappa shape index (κ1) is 15.9. The van der Waals surface area contributed by atoms with Gasteiger partial charge in [-0.05, 0) is 43.9 Å². The van der Waals surface area contributed by atoms with E-state index in [2.05, 4.69) is 31.9 Å². The molecule has 3 N–H and O–H groups in total. The zero-order valence-electron chi connectivity index (χ0n) is 13.7. The fraction of sp³-hybridized carbons (Fsp3) is 1.00. The van der Waals surface area contributed by atoms with Gasteiger partial charge in [-0.2, -0.15) is 0 Å². The van der Waals surface area contributed by atoms with E-state index in [1.165, 1.54) is 64.2 Å². The van der Waals surface area contributed by atoms with Crippen LogP contribution in [0.1, 0.15) is 64.2 Å². The zero-order valence-corrected chi connectivity index (χ0v) is 15.3. The van der Waals surface area contributed by atoms with Gasteiger partial charge in [-0.15, -0.1) is 0 Å². The van der Waals surface area contributed by atoms with Crippen LogP contribution in [-0.4, -0.2) is 29.7 Å². The summed E-state index contributed by atoms with van der Waals surface area (Å²) >= 11 is 3.84. The standard InChI is InChI=1S/C18H32BrN3/c19-14-6-3-7-15(10-14)22-18-16-8-12-4-1-2-5-13(12)9-17(16)20-11-21-18/h12-18,20-22H,1-11H2. The van der Waals surface area contributed by atoms with Crippen molar-refractivity contribution in [2.24, 2.45) is 17.8 Å². The highest BCUT2D eigenvalue weighted by atomic mass is 79.9. The van der Waals surface area contributed by atoms with Crippen LogP contribution in [0.5, 0.6) is 0 Å². The van der Waals surface area contributed by atoms with Gasteiger partial charge in [-0.3, -0.25) is 10.6 Å². The van der Waals surface area contributed by atoms with Gasteiger partial charge in [0.1, 0.15) is 0 Å². The molecule has 22 heavy (non-hydrogen) atoms. The topological polar surface area (TPSA) is 36.1 Å². The Labute approximate surface area is 143 Å². The Morgan fingerprint density at radius 3 is 2.45 bits per heavy atom. The molecule has 4 heteroatoms. The maximum Gasteiger partial charge on any atom is 0.0627 e. The van der Waals surface area contributed by atoms with Gasteiger partial charge in [0.15, 0.2) is 0 Å². The van der Waals surface area contributed by atoms with E-state index in [4.69, 9.17) is 0 Å². The lowest BCUT2D eigenvalue weighted by atomic mass is 9.64. The second-order valence-corrected chi connectivity index (χ2v) is 9.53. The van der Waals surface area contributed by atoms with Gasteiger partial charge in [0.2, 0.25) is 0 Å². The molecule has 1 saturated heterocycles. The molecule has 4 fully saturated rings. The van der Waals surface area contributed by atoms with Crippen LogP contribution >= 0.6 is 15.9 Å². The first-order valence-corrected chi connectivity index (χ1v) is 10.6. The summed E-state index contributed by atoms with van der Waals surface area (Å²) in [6, 6.07) is 1.46. The average Bonchev–Trinajstić information content (AvgIpc) is 2.53. The van der Waals surface area contributed by atoms with Crippen LogP contribution in [0.4, 0.5) is 0 Å². The molecule has 7 unspecified atom stereocenters. The van der Waals surface area contributed by atoms with Crippen molar-refractivity contribution in [3.63, 3.8) is 0 Å². The van der Waals surface area contributed by atoms with Gasteiger partial charge in [-0.1, -0.05) is 48.0 Å². The van der Waals surface area contributed by atoms with Crippen molar-refractivity contribution in [3.05, 3.63) is 0 Å². The lowest BCUT2D eigenvalue weighted by Crippen LogP contribution is -2.66. The number of halogens is 1. The third-order valence-electron chi connectivity index (χ3n) is 6.85. The molecule has 1 aliphatic heterocycles. The molecule has 3 nitrogen and oxygen atoms in total. The van der Waals surface area contributed by atoms with Crippen LogP contribution in [0.25, 0.3) is 0 Å². The lowest BCUT2D eigenvalue weighted by molar-refractivity contribution is 0.0410. The van der Waals surface area contributed by atoms with E-state index in [9.17, 15) is 0 Å². The number of hydrogen-bond acceptors (Lipinski definition) is 3. The summed E-state index contributed by atoms with van der Waals surface area (Å²) in [6.07, 6.45) is 14.7. The fourth-order valence-corrected chi connectivity index (χ4v) is 6.47. The van der Waals surface area contributed by atoms with E-state index >= 15 is 0 Å². The number of hydrogen-bond donors (Lipinski definition) is 3. The van der Waals surface area contributed by atoms with Crippen LogP contribution in [-0.2, 0) is 0 Å². The van der Waals surface area contributed by atoms with Gasteiger partial charge in [0.25, 0.3) is 0 Å². The van der Waals surface area contributed by atoms with E-state index in [1.54, 1.807) is 0 Å². The molecule has 1 heterocycles. The van der Waals surface area contributed by atoms with Crippen molar-refractivity contribution in [1.29, 1.82) is 0 Å². The van der Waals surface area contributed by atoms with Crippen LogP contribution < -0.4 is 16.0 Å². The molecule has 3 aliphatic carbocycles. The predicted molar refractivity (Wildman–Crippen MR) is 95.0 cm³/mol. The molecule has 0 spiro atoms. The van der Waals surface area contributed by atoms with Crippen LogP contribution in [0.3, 0.4) is 0 Å². The Bertz CT molecular complexity index is 377. The monoisotopic (exact) mass is 369 g/mol. The van der Waals surface area contributed by atoms with Gasteiger partial charge in [-0.25, -0.2) is 0 Å². The number of alkyl halides is 1. The molecule has 126 valence electrons. The molecule has 0 radical (unpaired) electrons. The van der Waals surface area contributed by atoms with Crippen molar-refractivity contribution in [2.75, 3.05) is 6.67 Å². The molecule has 3 saturated carbocycles. The summed E-state index contributed by atoms with van der Waals surface area (Å²) < 4.78 is 0. The largest absolute Gasteiger partial charge is 0.301 e. The van der Waals surface area contributed by atoms with Crippen LogP contribution in [0, 0.1) is 17.8 Å². The molecular weight excluding hydrogens is 338 g/mol. The van der Waals surface area contributed by atoms with Crippen LogP contribution in [0.2, 0.25) is 0 Å².